The van der Waals surface area contributed by atoms with Crippen LogP contribution in [0.4, 0.5) is 5.69 Å². The van der Waals surface area contributed by atoms with Gasteiger partial charge in [0.05, 0.1) is 11.9 Å². The zero-order chi connectivity index (χ0) is 31.7. The van der Waals surface area contributed by atoms with Crippen molar-refractivity contribution in [1.82, 2.24) is 10.2 Å². The molecule has 0 saturated carbocycles. The molecule has 0 fully saturated rings. The Bertz CT molecular complexity index is 1510. The summed E-state index contributed by atoms with van der Waals surface area (Å²) in [6.45, 7) is 7.11. The van der Waals surface area contributed by atoms with Crippen molar-refractivity contribution in [2.75, 3.05) is 30.3 Å². The minimum Gasteiger partial charge on any atom is -0.486 e. The average Bonchev–Trinajstić information content (AvgIpc) is 3.01. The number of anilines is 1. The van der Waals surface area contributed by atoms with E-state index in [-0.39, 0.29) is 43.8 Å². The standard InChI is InChI=1S/C34H43N3O6S/c1-5-26(3)35-34(39)30(22-27-10-7-6-8-11-27)36(24-28-15-13-25(2)14-16-28)33(38)12-9-19-37(44(4,40)41)29-17-18-31-32(23-29)43-21-20-42-31/h6-8,10-11,13-18,23,26,30H,5,9,12,19-22,24H2,1-4H3,(H,35,39). The minimum atomic E-state index is -3.65. The molecule has 10 heteroatoms. The molecule has 1 N–H and O–H groups in total. The van der Waals surface area contributed by atoms with Gasteiger partial charge in [-0.25, -0.2) is 8.42 Å². The first kappa shape index (κ1) is 32.9. The molecule has 44 heavy (non-hydrogen) atoms. The lowest BCUT2D eigenvalue weighted by Crippen LogP contribution is -2.52. The lowest BCUT2D eigenvalue weighted by Gasteiger charge is -2.33. The van der Waals surface area contributed by atoms with Gasteiger partial charge < -0.3 is 19.7 Å². The third-order valence-corrected chi connectivity index (χ3v) is 8.91. The van der Waals surface area contributed by atoms with Crippen LogP contribution >= 0.6 is 0 Å². The van der Waals surface area contributed by atoms with Crippen LogP contribution in [-0.4, -0.2) is 63.2 Å². The van der Waals surface area contributed by atoms with E-state index in [0.29, 0.717) is 36.8 Å². The van der Waals surface area contributed by atoms with Crippen molar-refractivity contribution >= 4 is 27.5 Å². The highest BCUT2D eigenvalue weighted by atomic mass is 32.2. The summed E-state index contributed by atoms with van der Waals surface area (Å²) in [5.41, 5.74) is 3.39. The molecule has 236 valence electrons. The van der Waals surface area contributed by atoms with Crippen molar-refractivity contribution in [3.05, 3.63) is 89.5 Å². The highest BCUT2D eigenvalue weighted by molar-refractivity contribution is 7.92. The summed E-state index contributed by atoms with van der Waals surface area (Å²) in [6.07, 6.45) is 2.58. The first-order valence-electron chi connectivity index (χ1n) is 15.1. The quantitative estimate of drug-likeness (QED) is 0.276. The number of hydrogen-bond acceptors (Lipinski definition) is 6. The third kappa shape index (κ3) is 8.98. The van der Waals surface area contributed by atoms with E-state index in [1.165, 1.54) is 4.31 Å². The molecule has 1 aliphatic heterocycles. The minimum absolute atomic E-state index is 0.0496. The molecule has 3 aromatic carbocycles. The molecular weight excluding hydrogens is 578 g/mol. The Morgan fingerprint density at radius 2 is 1.61 bits per heavy atom. The fourth-order valence-corrected chi connectivity index (χ4v) is 6.03. The number of amides is 2. The van der Waals surface area contributed by atoms with Crippen molar-refractivity contribution in [2.24, 2.45) is 0 Å². The highest BCUT2D eigenvalue weighted by Gasteiger charge is 2.31. The zero-order valence-electron chi connectivity index (χ0n) is 26.0. The van der Waals surface area contributed by atoms with Crippen molar-refractivity contribution in [3.8, 4) is 11.5 Å². The smallest absolute Gasteiger partial charge is 0.243 e. The Kier molecular flexibility index (Phi) is 11.3. The molecule has 3 aromatic rings. The van der Waals surface area contributed by atoms with E-state index < -0.39 is 16.1 Å². The van der Waals surface area contributed by atoms with Gasteiger partial charge >= 0.3 is 0 Å². The maximum absolute atomic E-state index is 14.0. The van der Waals surface area contributed by atoms with Gasteiger partial charge in [0.2, 0.25) is 21.8 Å². The second-order valence-electron chi connectivity index (χ2n) is 11.3. The molecule has 0 bridgehead atoms. The normalized spacial score (nSPS) is 13.9. The van der Waals surface area contributed by atoms with Gasteiger partial charge in [-0.1, -0.05) is 67.1 Å². The van der Waals surface area contributed by atoms with E-state index in [4.69, 9.17) is 9.47 Å². The molecule has 1 aliphatic rings. The topological polar surface area (TPSA) is 105 Å². The first-order valence-corrected chi connectivity index (χ1v) is 17.0. The SMILES string of the molecule is CCC(C)NC(=O)C(Cc1ccccc1)N(Cc1ccc(C)cc1)C(=O)CCCN(c1ccc2c(c1)OCCO2)S(C)(=O)=O. The molecule has 0 aromatic heterocycles. The van der Waals surface area contributed by atoms with Crippen LogP contribution < -0.4 is 19.1 Å². The lowest BCUT2D eigenvalue weighted by atomic mass is 10.0. The van der Waals surface area contributed by atoms with Crippen LogP contribution in [0.1, 0.15) is 49.8 Å². The number of aryl methyl sites for hydroxylation is 1. The summed E-state index contributed by atoms with van der Waals surface area (Å²) in [4.78, 5) is 29.4. The van der Waals surface area contributed by atoms with Gasteiger partial charge in [-0.3, -0.25) is 13.9 Å². The number of rotatable bonds is 14. The van der Waals surface area contributed by atoms with Crippen LogP contribution in [0.2, 0.25) is 0 Å². The Labute approximate surface area is 261 Å². The van der Waals surface area contributed by atoms with E-state index in [2.05, 4.69) is 5.32 Å². The second kappa shape index (κ2) is 15.1. The zero-order valence-corrected chi connectivity index (χ0v) is 26.8. The maximum atomic E-state index is 14.0. The van der Waals surface area contributed by atoms with Crippen molar-refractivity contribution in [3.63, 3.8) is 0 Å². The number of carbonyl (C=O) groups excluding carboxylic acids is 2. The van der Waals surface area contributed by atoms with Gasteiger partial charge in [0.25, 0.3) is 0 Å². The number of sulfonamides is 1. The Morgan fingerprint density at radius 1 is 0.932 bits per heavy atom. The summed E-state index contributed by atoms with van der Waals surface area (Å²) in [5, 5.41) is 3.08. The third-order valence-electron chi connectivity index (χ3n) is 7.71. The molecule has 4 rings (SSSR count). The molecule has 1 heterocycles. The fourth-order valence-electron chi connectivity index (χ4n) is 5.08. The molecule has 0 radical (unpaired) electrons. The first-order chi connectivity index (χ1) is 21.0. The van der Waals surface area contributed by atoms with Crippen LogP contribution in [0, 0.1) is 6.92 Å². The number of nitrogens with zero attached hydrogens (tertiary/aromatic N) is 2. The van der Waals surface area contributed by atoms with Crippen LogP contribution in [0.3, 0.4) is 0 Å². The van der Waals surface area contributed by atoms with E-state index in [1.807, 2.05) is 75.4 Å². The van der Waals surface area contributed by atoms with E-state index >= 15 is 0 Å². The molecular formula is C34H43N3O6S. The van der Waals surface area contributed by atoms with Crippen LogP contribution in [0.15, 0.2) is 72.8 Å². The largest absolute Gasteiger partial charge is 0.486 e. The Balaban J connectivity index is 1.58. The molecule has 2 atom stereocenters. The summed E-state index contributed by atoms with van der Waals surface area (Å²) < 4.78 is 38.1. The summed E-state index contributed by atoms with van der Waals surface area (Å²) >= 11 is 0. The Morgan fingerprint density at radius 3 is 2.27 bits per heavy atom. The van der Waals surface area contributed by atoms with Crippen LogP contribution in [-0.2, 0) is 32.6 Å². The molecule has 2 amide bonds. The summed E-state index contributed by atoms with van der Waals surface area (Å²) in [7, 11) is -3.65. The fraction of sp³-hybridized carbons (Fsp3) is 0.412. The lowest BCUT2D eigenvalue weighted by molar-refractivity contribution is -0.141. The van der Waals surface area contributed by atoms with Gasteiger partial charge in [-0.15, -0.1) is 0 Å². The monoisotopic (exact) mass is 621 g/mol. The number of carbonyl (C=O) groups is 2. The average molecular weight is 622 g/mol. The predicted molar refractivity (Wildman–Crippen MR) is 172 cm³/mol. The van der Waals surface area contributed by atoms with Crippen LogP contribution in [0.25, 0.3) is 0 Å². The van der Waals surface area contributed by atoms with Gasteiger partial charge in [0.1, 0.15) is 19.3 Å². The molecule has 0 aliphatic carbocycles. The van der Waals surface area contributed by atoms with E-state index in [9.17, 15) is 18.0 Å². The van der Waals surface area contributed by atoms with Gasteiger partial charge in [-0.05, 0) is 49.9 Å². The van der Waals surface area contributed by atoms with Crippen molar-refractivity contribution < 1.29 is 27.5 Å². The Hall–Kier alpha value is -4.05. The number of fused-ring (bicyclic) bond motifs is 1. The molecule has 9 nitrogen and oxygen atoms in total. The highest BCUT2D eigenvalue weighted by Crippen LogP contribution is 2.35. The summed E-state index contributed by atoms with van der Waals surface area (Å²) in [5.74, 6) is 0.619. The summed E-state index contributed by atoms with van der Waals surface area (Å²) in [6, 6.07) is 21.8. The van der Waals surface area contributed by atoms with Crippen molar-refractivity contribution in [2.45, 2.75) is 65.1 Å². The van der Waals surface area contributed by atoms with Gasteiger partial charge in [0, 0.05) is 38.0 Å². The van der Waals surface area contributed by atoms with Crippen molar-refractivity contribution in [1.29, 1.82) is 0 Å². The second-order valence-corrected chi connectivity index (χ2v) is 13.2. The predicted octanol–water partition coefficient (Wildman–Crippen LogP) is 4.87. The molecule has 2 unspecified atom stereocenters. The number of hydrogen-bond donors (Lipinski definition) is 1. The maximum Gasteiger partial charge on any atom is 0.243 e. The van der Waals surface area contributed by atoms with Gasteiger partial charge in [0.15, 0.2) is 11.5 Å². The van der Waals surface area contributed by atoms with Gasteiger partial charge in [-0.2, -0.15) is 0 Å². The molecule has 0 spiro atoms. The number of nitrogens with one attached hydrogen (secondary N) is 1. The number of ether oxygens (including phenoxy) is 2. The van der Waals surface area contributed by atoms with E-state index in [1.54, 1.807) is 23.1 Å². The van der Waals surface area contributed by atoms with Crippen LogP contribution in [0.5, 0.6) is 11.5 Å². The molecule has 0 saturated heterocycles. The van der Waals surface area contributed by atoms with E-state index in [0.717, 1.165) is 29.4 Å². The number of benzene rings is 3.